The third kappa shape index (κ3) is 2.88. The van der Waals surface area contributed by atoms with Crippen LogP contribution in [0.3, 0.4) is 0 Å². The molecule has 0 heterocycles. The molecular formula is C13H14N2. The van der Waals surface area contributed by atoms with Crippen LogP contribution in [-0.2, 0) is 0 Å². The topological polar surface area (TPSA) is 24.7 Å². The lowest BCUT2D eigenvalue weighted by Crippen LogP contribution is -1.81. The molecule has 0 fully saturated rings. The van der Waals surface area contributed by atoms with E-state index in [1.54, 1.807) is 0 Å². The van der Waals surface area contributed by atoms with Crippen LogP contribution in [0.2, 0.25) is 0 Å². The molecule has 15 heavy (non-hydrogen) atoms. The lowest BCUT2D eigenvalue weighted by atomic mass is 10.1. The van der Waals surface area contributed by atoms with Crippen molar-refractivity contribution >= 4 is 5.69 Å². The van der Waals surface area contributed by atoms with Gasteiger partial charge in [-0.15, -0.1) is 0 Å². The Labute approximate surface area is 90.0 Å². The van der Waals surface area contributed by atoms with Crippen molar-refractivity contribution < 1.29 is 0 Å². The molecule has 0 aliphatic heterocycles. The minimum Gasteiger partial charge on any atom is -0.155 e. The zero-order chi connectivity index (χ0) is 10.5. The fourth-order valence-corrected chi connectivity index (χ4v) is 1.41. The number of aryl methyl sites for hydroxylation is 1. The number of allylic oxidation sites excluding steroid dienone is 4. The first kappa shape index (κ1) is 9.84. The third-order valence-corrected chi connectivity index (χ3v) is 2.32. The zero-order valence-corrected chi connectivity index (χ0v) is 8.85. The van der Waals surface area contributed by atoms with Crippen LogP contribution in [0.4, 0.5) is 5.69 Å². The summed E-state index contributed by atoms with van der Waals surface area (Å²) in [5.41, 5.74) is 3.21. The second kappa shape index (κ2) is 4.69. The molecule has 0 atom stereocenters. The van der Waals surface area contributed by atoms with E-state index < -0.39 is 0 Å². The Bertz CT molecular complexity index is 411. The summed E-state index contributed by atoms with van der Waals surface area (Å²) in [7, 11) is 0. The lowest BCUT2D eigenvalue weighted by Gasteiger charge is -2.01. The predicted molar refractivity (Wildman–Crippen MR) is 62.2 cm³/mol. The number of benzene rings is 1. The average Bonchev–Trinajstić information content (AvgIpc) is 2.30. The molecule has 1 aliphatic carbocycles. The first-order valence-corrected chi connectivity index (χ1v) is 5.19. The van der Waals surface area contributed by atoms with Crippen LogP contribution in [0, 0.1) is 6.92 Å². The van der Waals surface area contributed by atoms with Gasteiger partial charge in [0.25, 0.3) is 0 Å². The molecule has 0 saturated carbocycles. The van der Waals surface area contributed by atoms with Crippen LogP contribution in [-0.4, -0.2) is 0 Å². The van der Waals surface area contributed by atoms with E-state index in [1.165, 1.54) is 5.56 Å². The molecule has 0 bridgehead atoms. The van der Waals surface area contributed by atoms with Crippen molar-refractivity contribution in [3.8, 4) is 0 Å². The fraction of sp³-hybridized carbons (Fsp3) is 0.231. The first-order valence-electron chi connectivity index (χ1n) is 5.19. The molecule has 0 radical (unpaired) electrons. The average molecular weight is 198 g/mol. The molecule has 0 aromatic heterocycles. The van der Waals surface area contributed by atoms with Gasteiger partial charge in [-0.3, -0.25) is 0 Å². The molecule has 76 valence electrons. The second-order valence-electron chi connectivity index (χ2n) is 3.66. The quantitative estimate of drug-likeness (QED) is 0.632. The molecule has 0 N–H and O–H groups in total. The number of hydrogen-bond acceptors (Lipinski definition) is 2. The van der Waals surface area contributed by atoms with Crippen molar-refractivity contribution in [3.63, 3.8) is 0 Å². The van der Waals surface area contributed by atoms with Gasteiger partial charge in [-0.25, -0.2) is 0 Å². The van der Waals surface area contributed by atoms with Crippen molar-refractivity contribution in [2.45, 2.75) is 19.8 Å². The summed E-state index contributed by atoms with van der Waals surface area (Å²) in [4.78, 5) is 0. The highest BCUT2D eigenvalue weighted by Gasteiger charge is 1.96. The van der Waals surface area contributed by atoms with Gasteiger partial charge >= 0.3 is 0 Å². The van der Waals surface area contributed by atoms with E-state index in [4.69, 9.17) is 0 Å². The van der Waals surface area contributed by atoms with E-state index in [0.717, 1.165) is 24.2 Å². The number of nitrogens with zero attached hydrogens (tertiary/aromatic N) is 2. The van der Waals surface area contributed by atoms with Crippen molar-refractivity contribution in [3.05, 3.63) is 53.8 Å². The Hall–Kier alpha value is -1.70. The van der Waals surface area contributed by atoms with Gasteiger partial charge < -0.3 is 0 Å². The van der Waals surface area contributed by atoms with E-state index in [9.17, 15) is 0 Å². The van der Waals surface area contributed by atoms with E-state index in [-0.39, 0.29) is 0 Å². The van der Waals surface area contributed by atoms with Crippen LogP contribution in [0.25, 0.3) is 0 Å². The predicted octanol–water partition coefficient (Wildman–Crippen LogP) is 4.31. The van der Waals surface area contributed by atoms with Gasteiger partial charge in [0, 0.05) is 0 Å². The first-order chi connectivity index (χ1) is 7.34. The lowest BCUT2D eigenvalue weighted by molar-refractivity contribution is 0.912. The van der Waals surface area contributed by atoms with Crippen LogP contribution in [0.15, 0.2) is 58.4 Å². The van der Waals surface area contributed by atoms with Gasteiger partial charge in [-0.2, -0.15) is 10.2 Å². The minimum atomic E-state index is 0.913. The summed E-state index contributed by atoms with van der Waals surface area (Å²) < 4.78 is 0. The Morgan fingerprint density at radius 1 is 1.07 bits per heavy atom. The van der Waals surface area contributed by atoms with Crippen molar-refractivity contribution in [1.82, 2.24) is 0 Å². The van der Waals surface area contributed by atoms with Gasteiger partial charge in [-0.05, 0) is 38.0 Å². The molecule has 1 aromatic rings. The van der Waals surface area contributed by atoms with E-state index in [0.29, 0.717) is 0 Å². The van der Waals surface area contributed by atoms with Gasteiger partial charge in [0.15, 0.2) is 0 Å². The Morgan fingerprint density at radius 3 is 2.53 bits per heavy atom. The molecule has 2 rings (SSSR count). The van der Waals surface area contributed by atoms with Crippen molar-refractivity contribution in [1.29, 1.82) is 0 Å². The SMILES string of the molecule is Cc1ccc(N=NC2=CC=CCC2)cc1. The van der Waals surface area contributed by atoms with Crippen molar-refractivity contribution in [2.24, 2.45) is 10.2 Å². The molecular weight excluding hydrogens is 184 g/mol. The van der Waals surface area contributed by atoms with Crippen LogP contribution >= 0.6 is 0 Å². The Kier molecular flexibility index (Phi) is 3.08. The van der Waals surface area contributed by atoms with E-state index in [1.807, 2.05) is 36.4 Å². The molecule has 1 aromatic carbocycles. The highest BCUT2D eigenvalue weighted by atomic mass is 15.1. The highest BCUT2D eigenvalue weighted by Crippen LogP contribution is 2.18. The smallest absolute Gasteiger partial charge is 0.0857 e. The standard InChI is InChI=1S/C13H14N2/c1-11-7-9-13(10-8-11)15-14-12-5-3-2-4-6-12/h2-3,5,7-10H,4,6H2,1H3. The van der Waals surface area contributed by atoms with Crippen LogP contribution < -0.4 is 0 Å². The summed E-state index contributed by atoms with van der Waals surface area (Å²) >= 11 is 0. The highest BCUT2D eigenvalue weighted by molar-refractivity contribution is 5.37. The largest absolute Gasteiger partial charge is 0.155 e. The van der Waals surface area contributed by atoms with Gasteiger partial charge in [0.05, 0.1) is 11.4 Å². The maximum Gasteiger partial charge on any atom is 0.0857 e. The molecule has 0 saturated heterocycles. The fourth-order valence-electron chi connectivity index (χ4n) is 1.41. The second-order valence-corrected chi connectivity index (χ2v) is 3.66. The molecule has 0 amide bonds. The van der Waals surface area contributed by atoms with Gasteiger partial charge in [0.2, 0.25) is 0 Å². The summed E-state index contributed by atoms with van der Waals surface area (Å²) in [6.07, 6.45) is 8.25. The molecule has 1 aliphatic rings. The molecule has 0 unspecified atom stereocenters. The van der Waals surface area contributed by atoms with Crippen LogP contribution in [0.1, 0.15) is 18.4 Å². The van der Waals surface area contributed by atoms with Crippen molar-refractivity contribution in [2.75, 3.05) is 0 Å². The number of hydrogen-bond donors (Lipinski definition) is 0. The normalized spacial score (nSPS) is 15.7. The van der Waals surface area contributed by atoms with Gasteiger partial charge in [-0.1, -0.05) is 29.8 Å². The molecule has 2 heteroatoms. The van der Waals surface area contributed by atoms with E-state index >= 15 is 0 Å². The van der Waals surface area contributed by atoms with E-state index in [2.05, 4.69) is 23.2 Å². The summed E-state index contributed by atoms with van der Waals surface area (Å²) in [6.45, 7) is 2.06. The van der Waals surface area contributed by atoms with Gasteiger partial charge in [0.1, 0.15) is 0 Å². The minimum absolute atomic E-state index is 0.913. The Balaban J connectivity index is 2.07. The Morgan fingerprint density at radius 2 is 1.87 bits per heavy atom. The molecule has 2 nitrogen and oxygen atoms in total. The summed E-state index contributed by atoms with van der Waals surface area (Å²) in [6, 6.07) is 8.06. The van der Waals surface area contributed by atoms with Crippen LogP contribution in [0.5, 0.6) is 0 Å². The summed E-state index contributed by atoms with van der Waals surface area (Å²) in [5, 5.41) is 8.41. The third-order valence-electron chi connectivity index (χ3n) is 2.32. The maximum atomic E-state index is 4.22. The zero-order valence-electron chi connectivity index (χ0n) is 8.85. The monoisotopic (exact) mass is 198 g/mol. The number of rotatable bonds is 2. The summed E-state index contributed by atoms with van der Waals surface area (Å²) in [5.74, 6) is 0. The number of azo groups is 1. The molecule has 0 spiro atoms. The maximum absolute atomic E-state index is 4.22.